The number of sulfonamides is 1. The number of nitrogens with one attached hydrogen (secondary N) is 2. The van der Waals surface area contributed by atoms with Gasteiger partial charge in [-0.25, -0.2) is 12.7 Å². The van der Waals surface area contributed by atoms with Gasteiger partial charge in [0.25, 0.3) is 10.0 Å². The first-order valence-corrected chi connectivity index (χ1v) is 10.4. The quantitative estimate of drug-likeness (QED) is 0.321. The lowest BCUT2D eigenvalue weighted by atomic mass is 10.1. The Bertz CT molecular complexity index is 927. The van der Waals surface area contributed by atoms with Crippen LogP contribution < -0.4 is 10.6 Å². The molecule has 0 fully saturated rings. The molecule has 0 unspecified atom stereocenters. The van der Waals surface area contributed by atoms with Crippen molar-refractivity contribution >= 4 is 51.3 Å². The molecule has 1 aromatic heterocycles. The maximum atomic E-state index is 12.6. The van der Waals surface area contributed by atoms with E-state index in [2.05, 4.69) is 15.6 Å². The van der Waals surface area contributed by atoms with Crippen molar-refractivity contribution in [3.8, 4) is 0 Å². The molecule has 29 heavy (non-hydrogen) atoms. The van der Waals surface area contributed by atoms with Gasteiger partial charge in [-0.1, -0.05) is 12.1 Å². The third-order valence-corrected chi connectivity index (χ3v) is 7.13. The van der Waals surface area contributed by atoms with Crippen molar-refractivity contribution in [2.75, 3.05) is 21.1 Å². The smallest absolute Gasteiger partial charge is 0.352 e. The van der Waals surface area contributed by atoms with Gasteiger partial charge in [-0.2, -0.15) is 13.2 Å². The number of hydrogen-bond donors (Lipinski definition) is 2. The highest BCUT2D eigenvalue weighted by atomic mass is 127. The van der Waals surface area contributed by atoms with E-state index >= 15 is 0 Å². The van der Waals surface area contributed by atoms with Crippen molar-refractivity contribution < 1.29 is 21.6 Å². The summed E-state index contributed by atoms with van der Waals surface area (Å²) in [4.78, 5) is 4.85. The molecule has 6 nitrogen and oxygen atoms in total. The average molecular weight is 562 g/mol. The van der Waals surface area contributed by atoms with Crippen LogP contribution in [0.3, 0.4) is 0 Å². The van der Waals surface area contributed by atoms with Crippen LogP contribution in [0.25, 0.3) is 0 Å². The van der Waals surface area contributed by atoms with Crippen LogP contribution >= 0.6 is 35.3 Å². The molecular weight excluding hydrogens is 540 g/mol. The number of benzene rings is 1. The monoisotopic (exact) mass is 562 g/mol. The molecule has 162 valence electrons. The van der Waals surface area contributed by atoms with Gasteiger partial charge in [0.2, 0.25) is 0 Å². The third kappa shape index (κ3) is 7.12. The SMILES string of the molecule is CN=C(NCc1ccc(C(F)(F)F)cc1)NCc1ccc(S(=O)(=O)N(C)C)s1.I. The molecule has 1 aromatic carbocycles. The minimum absolute atomic E-state index is 0. The molecule has 0 saturated carbocycles. The van der Waals surface area contributed by atoms with E-state index in [9.17, 15) is 21.6 Å². The fraction of sp³-hybridized carbons (Fsp3) is 0.353. The molecule has 12 heteroatoms. The summed E-state index contributed by atoms with van der Waals surface area (Å²) in [5.74, 6) is 0.449. The Morgan fingerprint density at radius 1 is 1.07 bits per heavy atom. The zero-order chi connectivity index (χ0) is 20.9. The number of nitrogens with zero attached hydrogens (tertiary/aromatic N) is 2. The fourth-order valence-corrected chi connectivity index (χ4v) is 4.63. The molecule has 1 heterocycles. The van der Waals surface area contributed by atoms with E-state index in [1.807, 2.05) is 0 Å². The van der Waals surface area contributed by atoms with Crippen LogP contribution in [0.5, 0.6) is 0 Å². The molecule has 0 saturated heterocycles. The van der Waals surface area contributed by atoms with E-state index in [0.29, 0.717) is 24.6 Å². The van der Waals surface area contributed by atoms with Crippen LogP contribution in [0.15, 0.2) is 45.6 Å². The zero-order valence-electron chi connectivity index (χ0n) is 15.9. The van der Waals surface area contributed by atoms with Gasteiger partial charge < -0.3 is 10.6 Å². The van der Waals surface area contributed by atoms with Gasteiger partial charge in [-0.15, -0.1) is 35.3 Å². The van der Waals surface area contributed by atoms with Crippen LogP contribution in [-0.2, 0) is 29.3 Å². The highest BCUT2D eigenvalue weighted by molar-refractivity contribution is 14.0. The zero-order valence-corrected chi connectivity index (χ0v) is 19.9. The summed E-state index contributed by atoms with van der Waals surface area (Å²) in [6.07, 6.45) is -4.36. The molecule has 0 atom stereocenters. The van der Waals surface area contributed by atoms with E-state index in [0.717, 1.165) is 32.7 Å². The van der Waals surface area contributed by atoms with Crippen LogP contribution in [-0.4, -0.2) is 39.8 Å². The molecule has 0 radical (unpaired) electrons. The highest BCUT2D eigenvalue weighted by Crippen LogP contribution is 2.29. The molecule has 0 amide bonds. The second-order valence-electron chi connectivity index (χ2n) is 5.98. The molecule has 2 aromatic rings. The van der Waals surface area contributed by atoms with Crippen LogP contribution in [0.2, 0.25) is 0 Å². The first kappa shape index (κ1) is 25.7. The van der Waals surface area contributed by atoms with Gasteiger partial charge in [-0.05, 0) is 29.8 Å². The second kappa shape index (κ2) is 10.6. The first-order valence-electron chi connectivity index (χ1n) is 8.16. The van der Waals surface area contributed by atoms with Crippen molar-refractivity contribution in [3.63, 3.8) is 0 Å². The maximum absolute atomic E-state index is 12.6. The van der Waals surface area contributed by atoms with Gasteiger partial charge in [0.1, 0.15) is 4.21 Å². The number of hydrogen-bond acceptors (Lipinski definition) is 4. The third-order valence-electron chi connectivity index (χ3n) is 3.77. The van der Waals surface area contributed by atoms with Crippen LogP contribution in [0.1, 0.15) is 16.0 Å². The Morgan fingerprint density at radius 3 is 2.17 bits per heavy atom. The van der Waals surface area contributed by atoms with E-state index in [1.54, 1.807) is 19.2 Å². The van der Waals surface area contributed by atoms with E-state index < -0.39 is 21.8 Å². The molecule has 2 rings (SSSR count). The molecule has 2 N–H and O–H groups in total. The van der Waals surface area contributed by atoms with E-state index in [-0.39, 0.29) is 28.2 Å². The summed E-state index contributed by atoms with van der Waals surface area (Å²) in [5, 5.41) is 6.05. The van der Waals surface area contributed by atoms with Crippen molar-refractivity contribution in [3.05, 3.63) is 52.4 Å². The molecular formula is C17H22F3IN4O2S2. The number of halogens is 4. The highest BCUT2D eigenvalue weighted by Gasteiger charge is 2.29. The van der Waals surface area contributed by atoms with Crippen molar-refractivity contribution in [2.45, 2.75) is 23.5 Å². The largest absolute Gasteiger partial charge is 0.416 e. The minimum atomic E-state index is -4.36. The Hall–Kier alpha value is -1.38. The minimum Gasteiger partial charge on any atom is -0.352 e. The first-order chi connectivity index (χ1) is 13.0. The summed E-state index contributed by atoms with van der Waals surface area (Å²) in [6.45, 7) is 0.656. The van der Waals surface area contributed by atoms with Crippen LogP contribution in [0.4, 0.5) is 13.2 Å². The topological polar surface area (TPSA) is 73.8 Å². The Kier molecular flexibility index (Phi) is 9.37. The summed E-state index contributed by atoms with van der Waals surface area (Å²) in [5.41, 5.74) is -0.0219. The molecule has 0 spiro atoms. The van der Waals surface area contributed by atoms with E-state index in [4.69, 9.17) is 0 Å². The average Bonchev–Trinajstić information content (AvgIpc) is 3.11. The summed E-state index contributed by atoms with van der Waals surface area (Å²) >= 11 is 1.16. The maximum Gasteiger partial charge on any atom is 0.416 e. The Labute approximate surface area is 189 Å². The lowest BCUT2D eigenvalue weighted by Crippen LogP contribution is -2.36. The molecule has 0 aliphatic carbocycles. The second-order valence-corrected chi connectivity index (χ2v) is 9.53. The lowest BCUT2D eigenvalue weighted by molar-refractivity contribution is -0.137. The van der Waals surface area contributed by atoms with Crippen molar-refractivity contribution in [2.24, 2.45) is 4.99 Å². The standard InChI is InChI=1S/C17H21F3N4O2S2.HI/c1-21-16(22-10-12-4-6-13(7-5-12)17(18,19)20)23-11-14-8-9-15(27-14)28(25,26)24(2)3;/h4-9H,10-11H2,1-3H3,(H2,21,22,23);1H. The number of aliphatic imine (C=N–C) groups is 1. The predicted molar refractivity (Wildman–Crippen MR) is 119 cm³/mol. The number of rotatable bonds is 6. The lowest BCUT2D eigenvalue weighted by Gasteiger charge is -2.12. The fourth-order valence-electron chi connectivity index (χ4n) is 2.16. The van der Waals surface area contributed by atoms with E-state index in [1.165, 1.54) is 26.2 Å². The number of thiophene rings is 1. The van der Waals surface area contributed by atoms with Crippen molar-refractivity contribution in [1.82, 2.24) is 14.9 Å². The van der Waals surface area contributed by atoms with Gasteiger partial charge in [0, 0.05) is 32.6 Å². The van der Waals surface area contributed by atoms with Gasteiger partial charge in [0.05, 0.1) is 12.1 Å². The molecule has 0 aliphatic rings. The Morgan fingerprint density at radius 2 is 1.66 bits per heavy atom. The van der Waals surface area contributed by atoms with Crippen LogP contribution in [0, 0.1) is 0 Å². The molecule has 0 aliphatic heterocycles. The summed E-state index contributed by atoms with van der Waals surface area (Å²) in [6, 6.07) is 8.14. The number of alkyl halides is 3. The van der Waals surface area contributed by atoms with Crippen molar-refractivity contribution in [1.29, 1.82) is 0 Å². The Balaban J connectivity index is 0.00000420. The van der Waals surface area contributed by atoms with Gasteiger partial charge in [-0.3, -0.25) is 4.99 Å². The number of guanidine groups is 1. The summed E-state index contributed by atoms with van der Waals surface area (Å²) < 4.78 is 63.4. The van der Waals surface area contributed by atoms with Gasteiger partial charge in [0.15, 0.2) is 5.96 Å². The normalized spacial score (nSPS) is 12.6. The molecule has 0 bridgehead atoms. The summed E-state index contributed by atoms with van der Waals surface area (Å²) in [7, 11) is 1.05. The predicted octanol–water partition coefficient (Wildman–Crippen LogP) is 3.50. The van der Waals surface area contributed by atoms with Gasteiger partial charge >= 0.3 is 6.18 Å².